The Bertz CT molecular complexity index is 689. The summed E-state index contributed by atoms with van der Waals surface area (Å²) in [7, 11) is 0. The fraction of sp³-hybridized carbons (Fsp3) is 0.556. The van der Waals surface area contributed by atoms with Crippen LogP contribution in [-0.2, 0) is 13.2 Å². The Hall–Kier alpha value is -1.46. The van der Waals surface area contributed by atoms with E-state index in [1.165, 1.54) is 19.3 Å². The molecule has 1 atom stereocenters. The van der Waals surface area contributed by atoms with Gasteiger partial charge < -0.3 is 4.57 Å². The van der Waals surface area contributed by atoms with Crippen LogP contribution >= 0.6 is 12.2 Å². The predicted octanol–water partition coefficient (Wildman–Crippen LogP) is 4.18. The number of nitrogens with zero attached hydrogens (tertiary/aromatic N) is 4. The molecule has 1 aliphatic heterocycles. The van der Waals surface area contributed by atoms with Crippen molar-refractivity contribution in [1.82, 2.24) is 19.2 Å². The van der Waals surface area contributed by atoms with Crippen LogP contribution in [0.3, 0.4) is 0 Å². The Balaban J connectivity index is 1.86. The molecule has 2 aromatic rings. The van der Waals surface area contributed by atoms with Crippen molar-refractivity contribution in [3.63, 3.8) is 0 Å². The van der Waals surface area contributed by atoms with Gasteiger partial charge in [0.15, 0.2) is 10.6 Å². The molecule has 124 valence electrons. The summed E-state index contributed by atoms with van der Waals surface area (Å²) < 4.78 is 4.95. The van der Waals surface area contributed by atoms with Gasteiger partial charge in [-0.15, -0.1) is 0 Å². The highest BCUT2D eigenvalue weighted by molar-refractivity contribution is 7.71. The van der Waals surface area contributed by atoms with Gasteiger partial charge in [-0.2, -0.15) is 5.10 Å². The summed E-state index contributed by atoms with van der Waals surface area (Å²) in [6.07, 6.45) is 3.91. The van der Waals surface area contributed by atoms with E-state index >= 15 is 0 Å². The van der Waals surface area contributed by atoms with Gasteiger partial charge in [-0.3, -0.25) is 4.90 Å². The molecule has 1 fully saturated rings. The van der Waals surface area contributed by atoms with Gasteiger partial charge in [0.25, 0.3) is 0 Å². The molecule has 0 spiro atoms. The highest BCUT2D eigenvalue weighted by Gasteiger charge is 2.20. The van der Waals surface area contributed by atoms with Crippen molar-refractivity contribution in [2.24, 2.45) is 5.92 Å². The molecule has 5 heteroatoms. The molecule has 0 bridgehead atoms. The van der Waals surface area contributed by atoms with E-state index in [9.17, 15) is 0 Å². The van der Waals surface area contributed by atoms with Crippen LogP contribution in [0.15, 0.2) is 30.3 Å². The van der Waals surface area contributed by atoms with Crippen LogP contribution in [0, 0.1) is 10.7 Å². The molecule has 0 amide bonds. The number of benzene rings is 1. The summed E-state index contributed by atoms with van der Waals surface area (Å²) in [5, 5.41) is 4.83. The van der Waals surface area contributed by atoms with Gasteiger partial charge in [0.1, 0.15) is 0 Å². The molecule has 3 rings (SSSR count). The van der Waals surface area contributed by atoms with Gasteiger partial charge in [0, 0.05) is 18.7 Å². The number of aromatic nitrogens is 3. The molecule has 0 radical (unpaired) electrons. The SMILES string of the molecule is CCC1CCCN(Cn2nc(-c3ccccc3)n(CC)c2=S)C1. The van der Waals surface area contributed by atoms with Crippen molar-refractivity contribution in [3.05, 3.63) is 35.1 Å². The topological polar surface area (TPSA) is 26.0 Å². The van der Waals surface area contributed by atoms with Crippen LogP contribution in [0.4, 0.5) is 0 Å². The summed E-state index contributed by atoms with van der Waals surface area (Å²) >= 11 is 5.68. The summed E-state index contributed by atoms with van der Waals surface area (Å²) in [6.45, 7) is 8.39. The molecule has 0 saturated carbocycles. The van der Waals surface area contributed by atoms with Gasteiger partial charge in [-0.25, -0.2) is 4.68 Å². The molecule has 1 aromatic carbocycles. The Morgan fingerprint density at radius 2 is 2.00 bits per heavy atom. The van der Waals surface area contributed by atoms with E-state index in [4.69, 9.17) is 17.3 Å². The first-order chi connectivity index (χ1) is 11.2. The summed E-state index contributed by atoms with van der Waals surface area (Å²) in [5.74, 6) is 1.79. The summed E-state index contributed by atoms with van der Waals surface area (Å²) in [4.78, 5) is 2.50. The molecule has 0 aliphatic carbocycles. The number of piperidine rings is 1. The molecule has 1 aliphatic rings. The predicted molar refractivity (Wildman–Crippen MR) is 96.7 cm³/mol. The third kappa shape index (κ3) is 3.56. The first-order valence-corrected chi connectivity index (χ1v) is 9.09. The van der Waals surface area contributed by atoms with Crippen LogP contribution in [0.25, 0.3) is 11.4 Å². The second kappa shape index (κ2) is 7.41. The Kier molecular flexibility index (Phi) is 5.28. The standard InChI is InChI=1S/C18H26N4S/c1-3-15-9-8-12-20(13-15)14-22-18(23)21(4-2)17(19-22)16-10-6-5-7-11-16/h5-7,10-11,15H,3-4,8-9,12-14H2,1-2H3. The van der Waals surface area contributed by atoms with Crippen molar-refractivity contribution < 1.29 is 0 Å². The lowest BCUT2D eigenvalue weighted by Crippen LogP contribution is -2.36. The number of hydrogen-bond donors (Lipinski definition) is 0. The second-order valence-electron chi connectivity index (χ2n) is 6.35. The summed E-state index contributed by atoms with van der Waals surface area (Å²) in [6, 6.07) is 10.3. The van der Waals surface area contributed by atoms with Crippen LogP contribution in [0.2, 0.25) is 0 Å². The van der Waals surface area contributed by atoms with Gasteiger partial charge in [0.2, 0.25) is 0 Å². The minimum Gasteiger partial charge on any atom is -0.300 e. The van der Waals surface area contributed by atoms with Crippen LogP contribution in [0.1, 0.15) is 33.1 Å². The lowest BCUT2D eigenvalue weighted by molar-refractivity contribution is 0.129. The van der Waals surface area contributed by atoms with E-state index in [-0.39, 0.29) is 0 Å². The number of likely N-dealkylation sites (tertiary alicyclic amines) is 1. The third-order valence-electron chi connectivity index (χ3n) is 4.79. The van der Waals surface area contributed by atoms with E-state index in [0.29, 0.717) is 0 Å². The van der Waals surface area contributed by atoms with Crippen LogP contribution < -0.4 is 0 Å². The van der Waals surface area contributed by atoms with Crippen molar-refractivity contribution in [1.29, 1.82) is 0 Å². The van der Waals surface area contributed by atoms with E-state index < -0.39 is 0 Å². The normalized spacial score (nSPS) is 19.1. The van der Waals surface area contributed by atoms with Gasteiger partial charge in [0.05, 0.1) is 6.67 Å². The minimum atomic E-state index is 0.808. The highest BCUT2D eigenvalue weighted by Crippen LogP contribution is 2.21. The third-order valence-corrected chi connectivity index (χ3v) is 5.22. The quantitative estimate of drug-likeness (QED) is 0.769. The van der Waals surface area contributed by atoms with Crippen molar-refractivity contribution in [3.8, 4) is 11.4 Å². The fourth-order valence-electron chi connectivity index (χ4n) is 3.42. The average molecular weight is 331 g/mol. The van der Waals surface area contributed by atoms with Crippen molar-refractivity contribution >= 4 is 12.2 Å². The highest BCUT2D eigenvalue weighted by atomic mass is 32.1. The van der Waals surface area contributed by atoms with E-state index in [2.05, 4.69) is 35.4 Å². The molecule has 0 N–H and O–H groups in total. The molecule has 1 saturated heterocycles. The molecular weight excluding hydrogens is 304 g/mol. The maximum Gasteiger partial charge on any atom is 0.199 e. The van der Waals surface area contributed by atoms with Crippen molar-refractivity contribution in [2.45, 2.75) is 46.3 Å². The maximum atomic E-state index is 5.68. The zero-order chi connectivity index (χ0) is 16.2. The lowest BCUT2D eigenvalue weighted by atomic mass is 9.96. The Morgan fingerprint density at radius 3 is 2.70 bits per heavy atom. The first-order valence-electron chi connectivity index (χ1n) is 8.68. The Morgan fingerprint density at radius 1 is 1.22 bits per heavy atom. The van der Waals surface area contributed by atoms with E-state index in [0.717, 1.165) is 48.4 Å². The van der Waals surface area contributed by atoms with E-state index in [1.54, 1.807) is 0 Å². The minimum absolute atomic E-state index is 0.808. The maximum absolute atomic E-state index is 5.68. The number of hydrogen-bond acceptors (Lipinski definition) is 3. The van der Waals surface area contributed by atoms with Crippen molar-refractivity contribution in [2.75, 3.05) is 13.1 Å². The number of rotatable bonds is 5. The molecular formula is C18H26N4S. The fourth-order valence-corrected chi connectivity index (χ4v) is 3.74. The largest absolute Gasteiger partial charge is 0.300 e. The zero-order valence-corrected chi connectivity index (χ0v) is 14.9. The van der Waals surface area contributed by atoms with Gasteiger partial charge in [-0.1, -0.05) is 43.7 Å². The molecule has 1 aromatic heterocycles. The van der Waals surface area contributed by atoms with Crippen LogP contribution in [-0.4, -0.2) is 32.3 Å². The molecule has 4 nitrogen and oxygen atoms in total. The second-order valence-corrected chi connectivity index (χ2v) is 6.72. The van der Waals surface area contributed by atoms with Gasteiger partial charge in [-0.05, 0) is 44.4 Å². The Labute approximate surface area is 143 Å². The molecule has 1 unspecified atom stereocenters. The smallest absolute Gasteiger partial charge is 0.199 e. The lowest BCUT2D eigenvalue weighted by Gasteiger charge is -2.31. The average Bonchev–Trinajstić information content (AvgIpc) is 2.91. The molecule has 23 heavy (non-hydrogen) atoms. The summed E-state index contributed by atoms with van der Waals surface area (Å²) in [5.41, 5.74) is 1.13. The van der Waals surface area contributed by atoms with Crippen LogP contribution in [0.5, 0.6) is 0 Å². The molecule has 2 heterocycles. The van der Waals surface area contributed by atoms with Gasteiger partial charge >= 0.3 is 0 Å². The monoisotopic (exact) mass is 330 g/mol. The zero-order valence-electron chi connectivity index (χ0n) is 14.1. The first kappa shape index (κ1) is 16.4. The van der Waals surface area contributed by atoms with E-state index in [1.807, 2.05) is 22.9 Å².